The predicted molar refractivity (Wildman–Crippen MR) is 63.5 cm³/mol. The number of aliphatic carboxylic acids is 1. The Morgan fingerprint density at radius 2 is 2.24 bits per heavy atom. The van der Waals surface area contributed by atoms with E-state index >= 15 is 0 Å². The molecule has 1 N–H and O–H groups in total. The molecule has 3 rings (SSSR count). The summed E-state index contributed by atoms with van der Waals surface area (Å²) in [5.74, 6) is -0.808. The van der Waals surface area contributed by atoms with Crippen LogP contribution in [0.25, 0.3) is 10.3 Å². The molecule has 0 radical (unpaired) electrons. The van der Waals surface area contributed by atoms with Crippen LogP contribution in [0.2, 0.25) is 0 Å². The molecular weight excluding hydrogens is 240 g/mol. The van der Waals surface area contributed by atoms with Gasteiger partial charge in [-0.1, -0.05) is 23.5 Å². The van der Waals surface area contributed by atoms with Gasteiger partial charge in [0, 0.05) is 11.0 Å². The highest BCUT2D eigenvalue weighted by Crippen LogP contribution is 2.53. The molecule has 0 saturated heterocycles. The smallest absolute Gasteiger partial charge is 0.396 e. The topological polar surface area (TPSA) is 67.5 Å². The van der Waals surface area contributed by atoms with Crippen molar-refractivity contribution in [1.82, 2.24) is 0 Å². The zero-order valence-electron chi connectivity index (χ0n) is 8.93. The summed E-state index contributed by atoms with van der Waals surface area (Å²) in [4.78, 5) is 21.8. The fraction of sp³-hybridized carbons (Fsp3) is 0.333. The average Bonchev–Trinajstić information content (AvgIpc) is 2.90. The summed E-state index contributed by atoms with van der Waals surface area (Å²) in [6, 6.07) is 5.55. The van der Waals surface area contributed by atoms with E-state index < -0.39 is 5.97 Å². The number of hydrogen-bond donors (Lipinski definition) is 1. The van der Waals surface area contributed by atoms with Crippen molar-refractivity contribution in [3.8, 4) is 0 Å². The van der Waals surface area contributed by atoms with Gasteiger partial charge < -0.3 is 9.52 Å². The van der Waals surface area contributed by atoms with Crippen LogP contribution in [0.5, 0.6) is 0 Å². The zero-order chi connectivity index (χ0) is 12.0. The molecule has 1 aromatic carbocycles. The lowest BCUT2D eigenvalue weighted by Crippen LogP contribution is -2.13. The number of carbonyl (C=O) groups is 1. The monoisotopic (exact) mass is 250 g/mol. The molecule has 0 bridgehead atoms. The largest absolute Gasteiger partial charge is 0.481 e. The molecule has 88 valence electrons. The second-order valence-corrected chi connectivity index (χ2v) is 5.42. The van der Waals surface area contributed by atoms with Crippen LogP contribution in [0, 0.1) is 0 Å². The van der Waals surface area contributed by atoms with Crippen LogP contribution in [-0.2, 0) is 10.2 Å². The fourth-order valence-corrected chi connectivity index (χ4v) is 2.99. The highest BCUT2D eigenvalue weighted by atomic mass is 32.1. The second kappa shape index (κ2) is 3.43. The Morgan fingerprint density at radius 1 is 1.47 bits per heavy atom. The van der Waals surface area contributed by atoms with Gasteiger partial charge in [0.25, 0.3) is 0 Å². The van der Waals surface area contributed by atoms with E-state index in [-0.39, 0.29) is 16.8 Å². The first-order chi connectivity index (χ1) is 8.11. The van der Waals surface area contributed by atoms with Crippen LogP contribution in [0.3, 0.4) is 0 Å². The molecule has 0 spiro atoms. The van der Waals surface area contributed by atoms with Crippen LogP contribution in [-0.4, -0.2) is 11.1 Å². The number of benzene rings is 1. The summed E-state index contributed by atoms with van der Waals surface area (Å²) in [5.41, 5.74) is 1.12. The third-order valence-electron chi connectivity index (χ3n) is 3.27. The van der Waals surface area contributed by atoms with Crippen molar-refractivity contribution in [3.63, 3.8) is 0 Å². The van der Waals surface area contributed by atoms with Gasteiger partial charge in [-0.2, -0.15) is 0 Å². The van der Waals surface area contributed by atoms with E-state index in [1.54, 1.807) is 0 Å². The Bertz CT molecular complexity index is 648. The van der Waals surface area contributed by atoms with E-state index in [2.05, 4.69) is 0 Å². The predicted octanol–water partition coefficient (Wildman–Crippen LogP) is 2.36. The number of rotatable bonds is 3. The minimum Gasteiger partial charge on any atom is -0.481 e. The molecule has 2 aromatic rings. The molecule has 17 heavy (non-hydrogen) atoms. The van der Waals surface area contributed by atoms with Gasteiger partial charge in [-0.3, -0.25) is 4.79 Å². The zero-order valence-corrected chi connectivity index (χ0v) is 9.75. The van der Waals surface area contributed by atoms with Gasteiger partial charge in [0.2, 0.25) is 0 Å². The van der Waals surface area contributed by atoms with Crippen molar-refractivity contribution >= 4 is 27.6 Å². The molecule has 0 amide bonds. The van der Waals surface area contributed by atoms with Gasteiger partial charge in [0.1, 0.15) is 0 Å². The highest BCUT2D eigenvalue weighted by molar-refractivity contribution is 7.16. The van der Waals surface area contributed by atoms with Gasteiger partial charge >= 0.3 is 10.9 Å². The number of para-hydroxylation sites is 1. The Kier molecular flexibility index (Phi) is 2.13. The first kappa shape index (κ1) is 10.5. The molecule has 1 aromatic heterocycles. The van der Waals surface area contributed by atoms with Gasteiger partial charge in [0.15, 0.2) is 5.58 Å². The molecule has 4 nitrogen and oxygen atoms in total. The van der Waals surface area contributed by atoms with Gasteiger partial charge in [-0.15, -0.1) is 0 Å². The van der Waals surface area contributed by atoms with Crippen molar-refractivity contribution in [2.45, 2.75) is 24.7 Å². The van der Waals surface area contributed by atoms with Gasteiger partial charge in [-0.25, -0.2) is 4.79 Å². The molecule has 1 heterocycles. The molecule has 1 saturated carbocycles. The normalized spacial score (nSPS) is 17.2. The summed E-state index contributed by atoms with van der Waals surface area (Å²) in [5, 5.41) is 8.94. The summed E-state index contributed by atoms with van der Waals surface area (Å²) >= 11 is 1.06. The average molecular weight is 250 g/mol. The second-order valence-electron chi connectivity index (χ2n) is 4.44. The van der Waals surface area contributed by atoms with Gasteiger partial charge in [-0.05, 0) is 18.9 Å². The van der Waals surface area contributed by atoms with Crippen LogP contribution in [0.1, 0.15) is 24.8 Å². The lowest BCUT2D eigenvalue weighted by molar-refractivity contribution is -0.137. The van der Waals surface area contributed by atoms with E-state index in [9.17, 15) is 9.59 Å². The van der Waals surface area contributed by atoms with E-state index in [0.29, 0.717) is 5.58 Å². The van der Waals surface area contributed by atoms with E-state index in [0.717, 1.165) is 34.4 Å². The first-order valence-electron chi connectivity index (χ1n) is 5.36. The van der Waals surface area contributed by atoms with Crippen LogP contribution >= 0.6 is 11.3 Å². The number of carboxylic acids is 1. The maximum atomic E-state index is 11.2. The summed E-state index contributed by atoms with van der Waals surface area (Å²) in [6.07, 6.45) is 1.79. The minimum absolute atomic E-state index is 0.103. The molecular formula is C12H10O4S. The molecule has 0 aliphatic heterocycles. The lowest BCUT2D eigenvalue weighted by atomic mass is 9.92. The van der Waals surface area contributed by atoms with Crippen molar-refractivity contribution in [3.05, 3.63) is 33.5 Å². The maximum Gasteiger partial charge on any atom is 0.396 e. The van der Waals surface area contributed by atoms with Gasteiger partial charge in [0.05, 0.1) is 11.1 Å². The molecule has 0 atom stereocenters. The Labute approximate surface area is 100 Å². The highest BCUT2D eigenvalue weighted by Gasteiger charge is 2.47. The fourth-order valence-electron chi connectivity index (χ4n) is 2.29. The molecule has 1 fully saturated rings. The Hall–Kier alpha value is -1.62. The van der Waals surface area contributed by atoms with E-state index in [1.807, 2.05) is 18.2 Å². The number of fused-ring (bicyclic) bond motifs is 1. The lowest BCUT2D eigenvalue weighted by Gasteiger charge is -2.12. The third kappa shape index (κ3) is 1.67. The summed E-state index contributed by atoms with van der Waals surface area (Å²) in [7, 11) is 0. The summed E-state index contributed by atoms with van der Waals surface area (Å²) in [6.45, 7) is 0. The summed E-state index contributed by atoms with van der Waals surface area (Å²) < 4.78 is 5.97. The molecule has 5 heteroatoms. The molecule has 1 aliphatic rings. The Balaban J connectivity index is 2.17. The first-order valence-corrected chi connectivity index (χ1v) is 6.17. The van der Waals surface area contributed by atoms with Crippen molar-refractivity contribution in [2.24, 2.45) is 0 Å². The maximum absolute atomic E-state index is 11.2. The Morgan fingerprint density at radius 3 is 2.88 bits per heavy atom. The van der Waals surface area contributed by atoms with E-state index in [4.69, 9.17) is 9.52 Å². The molecule has 1 aliphatic carbocycles. The SMILES string of the molecule is O=C(O)CC1(c2cccc3sc(=O)oc23)CC1. The number of hydrogen-bond acceptors (Lipinski definition) is 4. The quantitative estimate of drug-likeness (QED) is 0.908. The number of carboxylic acid groups (broad SMARTS) is 1. The molecule has 0 unspecified atom stereocenters. The van der Waals surface area contributed by atoms with Crippen molar-refractivity contribution in [1.29, 1.82) is 0 Å². The van der Waals surface area contributed by atoms with Crippen LogP contribution in [0.4, 0.5) is 0 Å². The standard InChI is InChI=1S/C12H10O4S/c13-9(14)6-12(4-5-12)7-2-1-3-8-10(7)16-11(15)17-8/h1-3H,4-6H2,(H,13,14). The van der Waals surface area contributed by atoms with Crippen molar-refractivity contribution < 1.29 is 14.3 Å². The minimum atomic E-state index is -0.808. The third-order valence-corrected chi connectivity index (χ3v) is 4.06. The van der Waals surface area contributed by atoms with Crippen LogP contribution < -0.4 is 4.94 Å². The van der Waals surface area contributed by atoms with E-state index in [1.165, 1.54) is 0 Å². The van der Waals surface area contributed by atoms with Crippen LogP contribution in [0.15, 0.2) is 27.4 Å². The van der Waals surface area contributed by atoms with Crippen molar-refractivity contribution in [2.75, 3.05) is 0 Å².